The summed E-state index contributed by atoms with van der Waals surface area (Å²) in [5, 5.41) is 10.7. The maximum absolute atomic E-state index is 10.7. The summed E-state index contributed by atoms with van der Waals surface area (Å²) < 4.78 is 0. The zero-order valence-electron chi connectivity index (χ0n) is 8.86. The van der Waals surface area contributed by atoms with Crippen LogP contribution in [-0.4, -0.2) is 34.7 Å². The second kappa shape index (κ2) is 6.76. The fourth-order valence-corrected chi connectivity index (χ4v) is 2.06. The number of halogens is 2. The highest BCUT2D eigenvalue weighted by molar-refractivity contribution is 6.18. The van der Waals surface area contributed by atoms with Gasteiger partial charge in [-0.2, -0.15) is 0 Å². The van der Waals surface area contributed by atoms with E-state index >= 15 is 0 Å². The third-order valence-corrected chi connectivity index (χ3v) is 2.73. The summed E-state index contributed by atoms with van der Waals surface area (Å²) in [6, 6.07) is 0. The van der Waals surface area contributed by atoms with Gasteiger partial charge in [0.05, 0.1) is 4.92 Å². The molecule has 4 nitrogen and oxygen atoms in total. The van der Waals surface area contributed by atoms with E-state index in [4.69, 9.17) is 23.2 Å². The average molecular weight is 265 g/mol. The van der Waals surface area contributed by atoms with E-state index in [0.717, 1.165) is 12.1 Å². The van der Waals surface area contributed by atoms with Crippen LogP contribution in [0.4, 0.5) is 0 Å². The number of allylic oxidation sites excluding steroid dienone is 3. The molecular formula is C10H14Cl2N2O2. The number of hydrogen-bond acceptors (Lipinski definition) is 3. The zero-order valence-corrected chi connectivity index (χ0v) is 10.4. The monoisotopic (exact) mass is 264 g/mol. The predicted molar refractivity (Wildman–Crippen MR) is 65.4 cm³/mol. The highest BCUT2D eigenvalue weighted by Gasteiger charge is 2.17. The second-order valence-electron chi connectivity index (χ2n) is 3.43. The molecule has 16 heavy (non-hydrogen) atoms. The molecule has 90 valence electrons. The molecule has 0 atom stereocenters. The molecule has 0 radical (unpaired) electrons. The van der Waals surface area contributed by atoms with Gasteiger partial charge in [0.25, 0.3) is 5.70 Å². The van der Waals surface area contributed by atoms with Crippen molar-refractivity contribution in [2.75, 3.05) is 24.8 Å². The highest BCUT2D eigenvalue weighted by atomic mass is 35.5. The number of alkyl halides is 2. The minimum atomic E-state index is -0.362. The quantitative estimate of drug-likeness (QED) is 0.421. The van der Waals surface area contributed by atoms with Gasteiger partial charge in [-0.25, -0.2) is 0 Å². The molecule has 6 heteroatoms. The molecule has 0 aromatic carbocycles. The van der Waals surface area contributed by atoms with E-state index < -0.39 is 0 Å². The summed E-state index contributed by atoms with van der Waals surface area (Å²) in [5.41, 5.74) is 1.12. The zero-order chi connectivity index (χ0) is 12.0. The number of hydrogen-bond donors (Lipinski definition) is 0. The van der Waals surface area contributed by atoms with Gasteiger partial charge in [-0.3, -0.25) is 10.1 Å². The van der Waals surface area contributed by atoms with Gasteiger partial charge in [0.1, 0.15) is 0 Å². The average Bonchev–Trinajstić information content (AvgIpc) is 2.29. The molecule has 0 aromatic rings. The first-order chi connectivity index (χ1) is 7.69. The van der Waals surface area contributed by atoms with E-state index in [0.29, 0.717) is 31.3 Å². The maximum Gasteiger partial charge on any atom is 0.267 e. The Hall–Kier alpha value is -0.740. The number of rotatable bonds is 6. The van der Waals surface area contributed by atoms with Crippen molar-refractivity contribution in [3.63, 3.8) is 0 Å². The Morgan fingerprint density at radius 3 is 2.50 bits per heavy atom. The summed E-state index contributed by atoms with van der Waals surface area (Å²) in [6.07, 6.45) is 4.76. The molecule has 0 aliphatic heterocycles. The van der Waals surface area contributed by atoms with Crippen molar-refractivity contribution in [2.24, 2.45) is 0 Å². The van der Waals surface area contributed by atoms with E-state index in [9.17, 15) is 10.1 Å². The lowest BCUT2D eigenvalue weighted by Gasteiger charge is -2.26. The van der Waals surface area contributed by atoms with Gasteiger partial charge in [0, 0.05) is 36.6 Å². The minimum Gasteiger partial charge on any atom is -0.372 e. The minimum absolute atomic E-state index is 0.162. The van der Waals surface area contributed by atoms with Gasteiger partial charge >= 0.3 is 0 Å². The molecule has 1 aliphatic rings. The SMILES string of the molecule is O=[N+]([O-])C1=CCCC(N(CCCl)CCCl)=C1. The van der Waals surface area contributed by atoms with Crippen LogP contribution in [0.2, 0.25) is 0 Å². The Balaban J connectivity index is 2.76. The Morgan fingerprint density at radius 2 is 2.00 bits per heavy atom. The topological polar surface area (TPSA) is 46.4 Å². The molecule has 0 unspecified atom stereocenters. The third kappa shape index (κ3) is 3.68. The van der Waals surface area contributed by atoms with Crippen LogP contribution in [0.25, 0.3) is 0 Å². The largest absolute Gasteiger partial charge is 0.372 e. The molecule has 0 heterocycles. The van der Waals surface area contributed by atoms with Gasteiger partial charge in [0.2, 0.25) is 0 Å². The molecule has 0 aromatic heterocycles. The van der Waals surface area contributed by atoms with Crippen molar-refractivity contribution in [3.05, 3.63) is 33.7 Å². The van der Waals surface area contributed by atoms with Crippen LogP contribution in [0, 0.1) is 10.1 Å². The van der Waals surface area contributed by atoms with Gasteiger partial charge in [0.15, 0.2) is 0 Å². The first-order valence-corrected chi connectivity index (χ1v) is 6.18. The fourth-order valence-electron chi connectivity index (χ4n) is 1.65. The number of nitro groups is 1. The van der Waals surface area contributed by atoms with Gasteiger partial charge in [-0.05, 0) is 18.9 Å². The van der Waals surface area contributed by atoms with Crippen molar-refractivity contribution in [1.29, 1.82) is 0 Å². The molecule has 0 saturated heterocycles. The van der Waals surface area contributed by atoms with Gasteiger partial charge < -0.3 is 4.90 Å². The lowest BCUT2D eigenvalue weighted by atomic mass is 10.1. The van der Waals surface area contributed by atoms with Crippen molar-refractivity contribution in [1.82, 2.24) is 4.90 Å². The second-order valence-corrected chi connectivity index (χ2v) is 4.18. The molecule has 0 fully saturated rings. The first kappa shape index (κ1) is 13.3. The third-order valence-electron chi connectivity index (χ3n) is 2.39. The standard InChI is InChI=1S/C10H14Cl2N2O2/c11-4-6-13(7-5-12)9-2-1-3-10(8-9)14(15)16/h3,8H,1-2,4-7H2. The Bertz CT molecular complexity index is 310. The van der Waals surface area contributed by atoms with E-state index in [1.807, 2.05) is 4.90 Å². The Labute approximate surface area is 105 Å². The molecule has 1 aliphatic carbocycles. The Morgan fingerprint density at radius 1 is 1.38 bits per heavy atom. The lowest BCUT2D eigenvalue weighted by Crippen LogP contribution is -2.28. The van der Waals surface area contributed by atoms with Crippen molar-refractivity contribution >= 4 is 23.2 Å². The molecule has 0 amide bonds. The molecule has 0 spiro atoms. The fraction of sp³-hybridized carbons (Fsp3) is 0.600. The molecule has 0 saturated carbocycles. The van der Waals surface area contributed by atoms with E-state index in [2.05, 4.69) is 0 Å². The lowest BCUT2D eigenvalue weighted by molar-refractivity contribution is -0.419. The molecule has 1 rings (SSSR count). The molecule has 0 N–H and O–H groups in total. The van der Waals surface area contributed by atoms with E-state index in [1.165, 1.54) is 0 Å². The predicted octanol–water partition coefficient (Wildman–Crippen LogP) is 2.60. The number of nitrogens with zero attached hydrogens (tertiary/aromatic N) is 2. The molecular weight excluding hydrogens is 251 g/mol. The van der Waals surface area contributed by atoms with E-state index in [1.54, 1.807) is 12.2 Å². The first-order valence-electron chi connectivity index (χ1n) is 5.11. The summed E-state index contributed by atoms with van der Waals surface area (Å²) in [5.74, 6) is 0.984. The molecule has 0 bridgehead atoms. The summed E-state index contributed by atoms with van der Waals surface area (Å²) in [4.78, 5) is 12.3. The van der Waals surface area contributed by atoms with Crippen LogP contribution in [0.3, 0.4) is 0 Å². The summed E-state index contributed by atoms with van der Waals surface area (Å²) in [7, 11) is 0. The summed E-state index contributed by atoms with van der Waals surface area (Å²) >= 11 is 11.4. The smallest absolute Gasteiger partial charge is 0.267 e. The van der Waals surface area contributed by atoms with Crippen LogP contribution < -0.4 is 0 Å². The van der Waals surface area contributed by atoms with Gasteiger partial charge in [-0.15, -0.1) is 23.2 Å². The van der Waals surface area contributed by atoms with Crippen molar-refractivity contribution < 1.29 is 4.92 Å². The summed E-state index contributed by atoms with van der Waals surface area (Å²) in [6.45, 7) is 1.34. The van der Waals surface area contributed by atoms with Crippen molar-refractivity contribution in [2.45, 2.75) is 12.8 Å². The highest BCUT2D eigenvalue weighted by Crippen LogP contribution is 2.21. The van der Waals surface area contributed by atoms with Crippen LogP contribution >= 0.6 is 23.2 Å². The Kier molecular flexibility index (Phi) is 5.63. The van der Waals surface area contributed by atoms with E-state index in [-0.39, 0.29) is 10.6 Å². The van der Waals surface area contributed by atoms with Crippen LogP contribution in [0.1, 0.15) is 12.8 Å². The van der Waals surface area contributed by atoms with Crippen LogP contribution in [-0.2, 0) is 0 Å². The normalized spacial score (nSPS) is 15.4. The van der Waals surface area contributed by atoms with Crippen LogP contribution in [0.15, 0.2) is 23.5 Å². The van der Waals surface area contributed by atoms with Gasteiger partial charge in [-0.1, -0.05) is 0 Å². The van der Waals surface area contributed by atoms with Crippen LogP contribution in [0.5, 0.6) is 0 Å². The maximum atomic E-state index is 10.7. The van der Waals surface area contributed by atoms with Crippen molar-refractivity contribution in [3.8, 4) is 0 Å².